The molecule has 0 unspecified atom stereocenters. The van der Waals surface area contributed by atoms with Gasteiger partial charge in [0, 0.05) is 44.3 Å². The molecule has 1 N–H and O–H groups in total. The number of carboxylic acids is 1. The molecule has 0 aliphatic carbocycles. The van der Waals surface area contributed by atoms with Crippen molar-refractivity contribution in [3.63, 3.8) is 0 Å². The fourth-order valence-corrected chi connectivity index (χ4v) is 4.18. The van der Waals surface area contributed by atoms with E-state index in [2.05, 4.69) is 11.0 Å². The first-order valence-electron chi connectivity index (χ1n) is 10.3. The number of halogens is 1. The number of rotatable bonds is 4. The van der Waals surface area contributed by atoms with Gasteiger partial charge in [-0.3, -0.25) is 4.79 Å². The lowest BCUT2D eigenvalue weighted by Gasteiger charge is -2.34. The van der Waals surface area contributed by atoms with Crippen molar-refractivity contribution in [1.29, 1.82) is 0 Å². The summed E-state index contributed by atoms with van der Waals surface area (Å²) in [5, 5.41) is 9.62. The molecule has 0 atom stereocenters. The number of carboxylic acid groups (broad SMARTS) is 1. The van der Waals surface area contributed by atoms with Gasteiger partial charge in [-0.1, -0.05) is 23.8 Å². The van der Waals surface area contributed by atoms with Gasteiger partial charge >= 0.3 is 5.97 Å². The molecule has 0 spiro atoms. The van der Waals surface area contributed by atoms with E-state index in [0.717, 1.165) is 29.8 Å². The van der Waals surface area contributed by atoms with E-state index in [4.69, 9.17) is 0 Å². The van der Waals surface area contributed by atoms with E-state index in [9.17, 15) is 14.7 Å². The highest BCUT2D eigenvalue weighted by molar-refractivity contribution is 5.93. The van der Waals surface area contributed by atoms with E-state index in [0.29, 0.717) is 30.8 Å². The van der Waals surface area contributed by atoms with Crippen molar-refractivity contribution in [3.8, 4) is 0 Å². The summed E-state index contributed by atoms with van der Waals surface area (Å²) in [5.41, 5.74) is 3.18. The zero-order chi connectivity index (χ0) is 22.3. The Morgan fingerprint density at radius 1 is 1.10 bits per heavy atom. The predicted octanol–water partition coefficient (Wildman–Crippen LogP) is 3.26. The largest absolute Gasteiger partial charge is 0.477 e. The number of carbonyl (C=O) groups is 1. The molecule has 7 heteroatoms. The van der Waals surface area contributed by atoms with E-state index in [-0.39, 0.29) is 10.9 Å². The highest BCUT2D eigenvalue weighted by atomic mass is 19.1. The number of hydrogen-bond donors (Lipinski definition) is 1. The van der Waals surface area contributed by atoms with Crippen LogP contribution < -0.4 is 10.3 Å². The summed E-state index contributed by atoms with van der Waals surface area (Å²) in [6.07, 6.45) is 1.37. The number of fused-ring (bicyclic) bond motifs is 1. The smallest absolute Gasteiger partial charge is 0.341 e. The van der Waals surface area contributed by atoms with Crippen LogP contribution >= 0.6 is 0 Å². The van der Waals surface area contributed by atoms with Gasteiger partial charge in [0.1, 0.15) is 11.4 Å². The second-order valence-corrected chi connectivity index (χ2v) is 8.35. The van der Waals surface area contributed by atoms with E-state index < -0.39 is 17.2 Å². The van der Waals surface area contributed by atoms with Crippen LogP contribution in [0.1, 0.15) is 27.0 Å². The maximum Gasteiger partial charge on any atom is 0.341 e. The van der Waals surface area contributed by atoms with Crippen LogP contribution in [0.5, 0.6) is 0 Å². The van der Waals surface area contributed by atoms with Crippen LogP contribution in [0.2, 0.25) is 0 Å². The topological polar surface area (TPSA) is 65.8 Å². The third kappa shape index (κ3) is 4.05. The summed E-state index contributed by atoms with van der Waals surface area (Å²) >= 11 is 0. The van der Waals surface area contributed by atoms with Gasteiger partial charge in [-0.25, -0.2) is 9.18 Å². The molecule has 162 valence electrons. The lowest BCUT2D eigenvalue weighted by Crippen LogP contribution is -2.44. The first kappa shape index (κ1) is 21.1. The molecule has 4 rings (SSSR count). The van der Waals surface area contributed by atoms with E-state index in [1.54, 1.807) is 10.6 Å². The number of aromatic carboxylic acids is 1. The predicted molar refractivity (Wildman–Crippen MR) is 120 cm³/mol. The van der Waals surface area contributed by atoms with Crippen LogP contribution in [-0.4, -0.2) is 53.8 Å². The van der Waals surface area contributed by atoms with E-state index >= 15 is 4.39 Å². The van der Waals surface area contributed by atoms with Crippen molar-refractivity contribution in [3.05, 3.63) is 74.8 Å². The van der Waals surface area contributed by atoms with Crippen LogP contribution in [0, 0.1) is 19.7 Å². The molecule has 6 nitrogen and oxygen atoms in total. The second kappa shape index (κ2) is 8.15. The first-order valence-corrected chi connectivity index (χ1v) is 10.3. The Morgan fingerprint density at radius 3 is 2.45 bits per heavy atom. The Labute approximate surface area is 180 Å². The average Bonchev–Trinajstić information content (AvgIpc) is 2.72. The number of piperazine rings is 1. The van der Waals surface area contributed by atoms with Gasteiger partial charge in [0.05, 0.1) is 11.2 Å². The molecular formula is C24H26FN3O3. The summed E-state index contributed by atoms with van der Waals surface area (Å²) in [4.78, 5) is 28.6. The molecule has 2 heterocycles. The molecule has 1 aromatic heterocycles. The van der Waals surface area contributed by atoms with Crippen molar-refractivity contribution in [2.45, 2.75) is 20.4 Å². The maximum absolute atomic E-state index is 15.0. The van der Waals surface area contributed by atoms with Crippen LogP contribution in [-0.2, 0) is 6.54 Å². The molecule has 1 fully saturated rings. The zero-order valence-electron chi connectivity index (χ0n) is 18.0. The van der Waals surface area contributed by atoms with Crippen molar-refractivity contribution in [2.24, 2.45) is 0 Å². The third-order valence-corrected chi connectivity index (χ3v) is 6.06. The van der Waals surface area contributed by atoms with Gasteiger partial charge in [0.15, 0.2) is 0 Å². The standard InChI is InChI=1S/C24H26FN3O3/c1-15-4-5-17(16(2)10-15)13-28-14-19(24(30)31)23(29)18-11-20(25)22(12-21(18)28)27-8-6-26(3)7-9-27/h4-5,10-12,14H,6-9,13H2,1-3H3,(H,30,31). The molecule has 1 aliphatic rings. The molecule has 31 heavy (non-hydrogen) atoms. The lowest BCUT2D eigenvalue weighted by molar-refractivity contribution is 0.0695. The van der Waals surface area contributed by atoms with Gasteiger partial charge in [-0.15, -0.1) is 0 Å². The minimum Gasteiger partial charge on any atom is -0.477 e. The Kier molecular flexibility index (Phi) is 5.54. The molecule has 0 amide bonds. The van der Waals surface area contributed by atoms with Gasteiger partial charge in [-0.2, -0.15) is 0 Å². The fourth-order valence-electron chi connectivity index (χ4n) is 4.18. The number of likely N-dealkylation sites (N-methyl/N-ethyl adjacent to an activating group) is 1. The fraction of sp³-hybridized carbons (Fsp3) is 0.333. The Hall–Kier alpha value is -3.19. The molecule has 1 aliphatic heterocycles. The Morgan fingerprint density at radius 2 is 1.81 bits per heavy atom. The van der Waals surface area contributed by atoms with Gasteiger partial charge in [0.2, 0.25) is 5.43 Å². The molecule has 3 aromatic rings. The first-order chi connectivity index (χ1) is 14.7. The van der Waals surface area contributed by atoms with Crippen molar-refractivity contribution in [2.75, 3.05) is 38.1 Å². The highest BCUT2D eigenvalue weighted by Crippen LogP contribution is 2.27. The minimum absolute atomic E-state index is 0.0834. The Bertz CT molecular complexity index is 1230. The summed E-state index contributed by atoms with van der Waals surface area (Å²) in [7, 11) is 2.03. The number of benzene rings is 2. The monoisotopic (exact) mass is 423 g/mol. The summed E-state index contributed by atoms with van der Waals surface area (Å²) in [5.74, 6) is -1.82. The number of nitrogens with zero attached hydrogens (tertiary/aromatic N) is 3. The van der Waals surface area contributed by atoms with Gasteiger partial charge < -0.3 is 19.5 Å². The number of hydrogen-bond acceptors (Lipinski definition) is 4. The molecule has 1 saturated heterocycles. The zero-order valence-corrected chi connectivity index (χ0v) is 18.0. The quantitative estimate of drug-likeness (QED) is 0.698. The third-order valence-electron chi connectivity index (χ3n) is 6.06. The molecule has 0 saturated carbocycles. The van der Waals surface area contributed by atoms with Crippen LogP contribution in [0.25, 0.3) is 10.9 Å². The second-order valence-electron chi connectivity index (χ2n) is 8.35. The van der Waals surface area contributed by atoms with Gasteiger partial charge in [0.25, 0.3) is 0 Å². The number of pyridine rings is 1. The summed E-state index contributed by atoms with van der Waals surface area (Å²) in [6.45, 7) is 7.42. The van der Waals surface area contributed by atoms with Crippen molar-refractivity contribution < 1.29 is 14.3 Å². The lowest BCUT2D eigenvalue weighted by atomic mass is 10.0. The van der Waals surface area contributed by atoms with Crippen molar-refractivity contribution in [1.82, 2.24) is 9.47 Å². The van der Waals surface area contributed by atoms with Crippen LogP contribution in [0.15, 0.2) is 41.3 Å². The number of anilines is 1. The molecule has 0 radical (unpaired) electrons. The van der Waals surface area contributed by atoms with E-state index in [1.807, 2.05) is 37.9 Å². The average molecular weight is 423 g/mol. The Balaban J connectivity index is 1.89. The SMILES string of the molecule is Cc1ccc(Cn2cc(C(=O)O)c(=O)c3cc(F)c(N4CCN(C)CC4)cc32)c(C)c1. The minimum atomic E-state index is -1.31. The molecule has 0 bridgehead atoms. The highest BCUT2D eigenvalue weighted by Gasteiger charge is 2.21. The number of aryl methyl sites for hydroxylation is 2. The van der Waals surface area contributed by atoms with E-state index in [1.165, 1.54) is 12.3 Å². The van der Waals surface area contributed by atoms with Crippen molar-refractivity contribution >= 4 is 22.6 Å². The van der Waals surface area contributed by atoms with Crippen LogP contribution in [0.4, 0.5) is 10.1 Å². The summed E-state index contributed by atoms with van der Waals surface area (Å²) in [6, 6.07) is 8.94. The van der Waals surface area contributed by atoms with Crippen LogP contribution in [0.3, 0.4) is 0 Å². The number of aromatic nitrogens is 1. The normalized spacial score (nSPS) is 14.9. The molecule has 2 aromatic carbocycles. The maximum atomic E-state index is 15.0. The molecular weight excluding hydrogens is 397 g/mol. The van der Waals surface area contributed by atoms with Gasteiger partial charge in [-0.05, 0) is 44.2 Å². The summed E-state index contributed by atoms with van der Waals surface area (Å²) < 4.78 is 16.8.